The number of halogens is 1. The number of aliphatic hydroxyl groups is 1. The maximum absolute atomic E-state index is 12.5. The number of nitrogens with one attached hydrogen (secondary N) is 1. The molecule has 3 rings (SSSR count). The van der Waals surface area contributed by atoms with Crippen molar-refractivity contribution in [2.75, 3.05) is 31.7 Å². The Bertz CT molecular complexity index is 1350. The van der Waals surface area contributed by atoms with Crippen LogP contribution in [0.2, 0.25) is 18.1 Å². The lowest BCUT2D eigenvalue weighted by Gasteiger charge is -2.41. The molecule has 2 aromatic rings. The van der Waals surface area contributed by atoms with Crippen molar-refractivity contribution in [3.63, 3.8) is 0 Å². The van der Waals surface area contributed by atoms with Gasteiger partial charge < -0.3 is 43.3 Å². The molecular weight excluding hydrogens is 749 g/mol. The molecule has 1 aliphatic rings. The molecule has 1 amide bonds. The van der Waals surface area contributed by atoms with Crippen LogP contribution in [-0.4, -0.2) is 106 Å². The second-order valence-electron chi connectivity index (χ2n) is 12.7. The van der Waals surface area contributed by atoms with Gasteiger partial charge in [0.1, 0.15) is 42.0 Å². The van der Waals surface area contributed by atoms with E-state index in [1.165, 1.54) is 26.5 Å². The van der Waals surface area contributed by atoms with Crippen molar-refractivity contribution in [1.82, 2.24) is 19.5 Å². The molecule has 47 heavy (non-hydrogen) atoms. The first-order valence-corrected chi connectivity index (χ1v) is 19.4. The Labute approximate surface area is 288 Å². The van der Waals surface area contributed by atoms with E-state index < -0.39 is 55.4 Å². The van der Waals surface area contributed by atoms with Gasteiger partial charge in [0, 0.05) is 19.8 Å². The molecule has 1 unspecified atom stereocenters. The quantitative estimate of drug-likeness (QED) is 0.0628. The van der Waals surface area contributed by atoms with E-state index in [9.17, 15) is 19.5 Å². The highest BCUT2D eigenvalue weighted by molar-refractivity contribution is 14.1. The van der Waals surface area contributed by atoms with Crippen LogP contribution in [0.5, 0.6) is 0 Å². The summed E-state index contributed by atoms with van der Waals surface area (Å²) < 4.78 is 42.0. The number of alkyl halides is 1. The van der Waals surface area contributed by atoms with Crippen molar-refractivity contribution >= 4 is 65.7 Å². The number of amides is 1. The molecule has 3 heterocycles. The van der Waals surface area contributed by atoms with Crippen LogP contribution in [0.25, 0.3) is 11.2 Å². The molecule has 5 atom stereocenters. The van der Waals surface area contributed by atoms with E-state index in [0.717, 1.165) is 0 Å². The number of anilines is 1. The van der Waals surface area contributed by atoms with Gasteiger partial charge in [-0.25, -0.2) is 15.0 Å². The van der Waals surface area contributed by atoms with Gasteiger partial charge in [0.05, 0.1) is 19.5 Å². The van der Waals surface area contributed by atoms with Gasteiger partial charge in [-0.3, -0.25) is 19.0 Å². The second kappa shape index (κ2) is 16.9. The van der Waals surface area contributed by atoms with Crippen molar-refractivity contribution in [3.05, 3.63) is 12.7 Å². The van der Waals surface area contributed by atoms with Crippen molar-refractivity contribution in [3.8, 4) is 0 Å². The molecule has 0 saturated carbocycles. The maximum Gasteiger partial charge on any atom is 0.302 e. The average molecular weight is 796 g/mol. The zero-order chi connectivity index (χ0) is 35.1. The van der Waals surface area contributed by atoms with Gasteiger partial charge >= 0.3 is 11.9 Å². The first kappa shape index (κ1) is 39.1. The number of aromatic nitrogens is 4. The number of esters is 2. The van der Waals surface area contributed by atoms with Gasteiger partial charge in [-0.15, -0.1) is 0 Å². The highest BCUT2D eigenvalue weighted by Crippen LogP contribution is 2.44. The SMILES string of the molecule is CC(=O)OCCOC(OCCOC(C)=O)O[C@@H]1[C@H](O[Si](C)(C)C(C)(C)C)[C@@H](C(O)I)O[C@H]1n1cnc2c(NC(=O)C(C)C)ncnc21. The van der Waals surface area contributed by atoms with Crippen LogP contribution in [0.3, 0.4) is 0 Å². The van der Waals surface area contributed by atoms with E-state index >= 15 is 0 Å². The van der Waals surface area contributed by atoms with Crippen LogP contribution in [0.15, 0.2) is 12.7 Å². The molecule has 2 aromatic heterocycles. The van der Waals surface area contributed by atoms with Gasteiger partial charge in [-0.2, -0.15) is 0 Å². The summed E-state index contributed by atoms with van der Waals surface area (Å²) in [5.41, 5.74) is 0.645. The Morgan fingerprint density at radius 2 is 1.62 bits per heavy atom. The van der Waals surface area contributed by atoms with Gasteiger partial charge in [-0.1, -0.05) is 34.6 Å². The molecule has 1 fully saturated rings. The molecule has 0 aromatic carbocycles. The Morgan fingerprint density at radius 3 is 2.13 bits per heavy atom. The van der Waals surface area contributed by atoms with E-state index in [1.807, 2.05) is 22.6 Å². The van der Waals surface area contributed by atoms with Crippen molar-refractivity contribution < 1.29 is 52.3 Å². The minimum atomic E-state index is -2.51. The molecule has 1 aliphatic heterocycles. The van der Waals surface area contributed by atoms with Gasteiger partial charge in [0.25, 0.3) is 6.48 Å². The van der Waals surface area contributed by atoms with Gasteiger partial charge in [0.2, 0.25) is 5.91 Å². The topological polar surface area (TPSA) is 192 Å². The summed E-state index contributed by atoms with van der Waals surface area (Å²) in [6, 6.07) is 0. The number of fused-ring (bicyclic) bond motifs is 1. The van der Waals surface area contributed by atoms with Crippen molar-refractivity contribution in [2.45, 2.75) is 102 Å². The van der Waals surface area contributed by atoms with Crippen molar-refractivity contribution in [2.24, 2.45) is 5.92 Å². The Balaban J connectivity index is 2.06. The van der Waals surface area contributed by atoms with Crippen LogP contribution in [0.4, 0.5) is 5.82 Å². The molecule has 264 valence electrons. The van der Waals surface area contributed by atoms with Crippen LogP contribution in [0.1, 0.15) is 54.7 Å². The summed E-state index contributed by atoms with van der Waals surface area (Å²) in [6.07, 6.45) is -0.883. The number of aliphatic hydroxyl groups excluding tert-OH is 1. The number of rotatable bonds is 16. The fraction of sp³-hybridized carbons (Fsp3) is 0.724. The summed E-state index contributed by atoms with van der Waals surface area (Å²) >= 11 is 1.87. The van der Waals surface area contributed by atoms with Gasteiger partial charge in [0.15, 0.2) is 31.5 Å². The van der Waals surface area contributed by atoms with E-state index in [4.69, 9.17) is 32.8 Å². The largest absolute Gasteiger partial charge is 0.463 e. The normalized spacial score (nSPS) is 21.0. The van der Waals surface area contributed by atoms with Crippen LogP contribution in [0, 0.1) is 5.92 Å². The summed E-state index contributed by atoms with van der Waals surface area (Å²) in [7, 11) is -2.51. The lowest BCUT2D eigenvalue weighted by atomic mass is 10.1. The Morgan fingerprint density at radius 1 is 1.02 bits per heavy atom. The average Bonchev–Trinajstić information content (AvgIpc) is 3.54. The molecular formula is C29H46IN5O11Si. The Hall–Kier alpha value is -2.33. The smallest absolute Gasteiger partial charge is 0.302 e. The molecule has 0 aliphatic carbocycles. The predicted molar refractivity (Wildman–Crippen MR) is 179 cm³/mol. The van der Waals surface area contributed by atoms with E-state index in [0.29, 0.717) is 11.2 Å². The number of ether oxygens (including phenoxy) is 6. The number of carbonyl (C=O) groups excluding carboxylic acids is 3. The van der Waals surface area contributed by atoms with Crippen LogP contribution < -0.4 is 5.32 Å². The van der Waals surface area contributed by atoms with Crippen molar-refractivity contribution in [1.29, 1.82) is 0 Å². The third-order valence-corrected chi connectivity index (χ3v) is 12.9. The third-order valence-electron chi connectivity index (χ3n) is 7.69. The highest BCUT2D eigenvalue weighted by atomic mass is 127. The number of carbonyl (C=O) groups is 3. The predicted octanol–water partition coefficient (Wildman–Crippen LogP) is 3.29. The minimum absolute atomic E-state index is 0.0694. The second-order valence-corrected chi connectivity index (χ2v) is 18.7. The first-order chi connectivity index (χ1) is 21.9. The zero-order valence-electron chi connectivity index (χ0n) is 28.2. The standard InChI is InChI=1S/C29H46IN5O11Si/c1-16(2)26(39)34-24-19-25(32-14-31-24)35(15-33-19)27-22(20(21(44-27)23(30)38)46-47(8,9)29(5,6)7)45-28(42-12-10-40-17(3)36)43-13-11-41-18(4)37/h14-16,20-23,27-28,38H,10-13H2,1-9H3,(H,31,32,34,39)/t20-,21+,22-,23?,27-/m1/s1. The van der Waals surface area contributed by atoms with Crippen LogP contribution >= 0.6 is 22.6 Å². The lowest BCUT2D eigenvalue weighted by molar-refractivity contribution is -0.320. The van der Waals surface area contributed by atoms with Gasteiger partial charge in [-0.05, 0) is 40.7 Å². The number of hydrogen-bond acceptors (Lipinski definition) is 14. The third kappa shape index (κ3) is 10.6. The Kier molecular flexibility index (Phi) is 14.0. The summed E-state index contributed by atoms with van der Waals surface area (Å²) in [5.74, 6) is -1.27. The summed E-state index contributed by atoms with van der Waals surface area (Å²) in [4.78, 5) is 48.2. The van der Waals surface area contributed by atoms with E-state index in [2.05, 4.69) is 54.1 Å². The molecule has 2 N–H and O–H groups in total. The number of nitrogens with zero attached hydrogens (tertiary/aromatic N) is 4. The summed E-state index contributed by atoms with van der Waals surface area (Å²) in [6.45, 7) is 14.8. The van der Waals surface area contributed by atoms with Crippen LogP contribution in [-0.2, 0) is 47.2 Å². The molecule has 16 nitrogen and oxygen atoms in total. The molecule has 1 saturated heterocycles. The number of imidazole rings is 1. The minimum Gasteiger partial charge on any atom is -0.463 e. The molecule has 18 heteroatoms. The molecule has 0 radical (unpaired) electrons. The van der Waals surface area contributed by atoms with E-state index in [1.54, 1.807) is 18.4 Å². The summed E-state index contributed by atoms with van der Waals surface area (Å²) in [5, 5.41) is 13.5. The first-order valence-electron chi connectivity index (χ1n) is 15.2. The number of hydrogen-bond donors (Lipinski definition) is 2. The highest BCUT2D eigenvalue weighted by Gasteiger charge is 2.54. The maximum atomic E-state index is 12.5. The fourth-order valence-electron chi connectivity index (χ4n) is 4.21. The molecule has 0 bridgehead atoms. The zero-order valence-corrected chi connectivity index (χ0v) is 31.4. The fourth-order valence-corrected chi connectivity index (χ4v) is 6.09. The van der Waals surface area contributed by atoms with E-state index in [-0.39, 0.29) is 49.1 Å². The molecule has 0 spiro atoms. The lowest BCUT2D eigenvalue weighted by Crippen LogP contribution is -2.52. The monoisotopic (exact) mass is 795 g/mol.